The molecule has 0 N–H and O–H groups in total. The van der Waals surface area contributed by atoms with Crippen molar-refractivity contribution in [2.75, 3.05) is 26.2 Å². The Morgan fingerprint density at radius 3 is 2.85 bits per heavy atom. The van der Waals surface area contributed by atoms with E-state index in [1.807, 2.05) is 6.92 Å². The maximum atomic E-state index is 11.9. The summed E-state index contributed by atoms with van der Waals surface area (Å²) in [5.74, 6) is 0. The molecule has 0 spiro atoms. The van der Waals surface area contributed by atoms with Gasteiger partial charge in [0.15, 0.2) is 0 Å². The Kier molecular flexibility index (Phi) is 4.16. The van der Waals surface area contributed by atoms with E-state index in [0.717, 1.165) is 6.42 Å². The first-order valence-electron chi connectivity index (χ1n) is 5.39. The third kappa shape index (κ3) is 3.25. The van der Waals surface area contributed by atoms with Gasteiger partial charge in [0.05, 0.1) is 13.2 Å². The third-order valence-electron chi connectivity index (χ3n) is 2.84. The van der Waals surface area contributed by atoms with Crippen LogP contribution >= 0.6 is 0 Å². The van der Waals surface area contributed by atoms with Crippen LogP contribution in [0.5, 0.6) is 0 Å². The monoisotopic (exact) mass is 187 g/mol. The molecule has 3 heteroatoms. The summed E-state index contributed by atoms with van der Waals surface area (Å²) in [5, 5.41) is 11.9. The molecule has 1 aliphatic rings. The van der Waals surface area contributed by atoms with Crippen LogP contribution in [0.3, 0.4) is 0 Å². The second kappa shape index (κ2) is 4.94. The van der Waals surface area contributed by atoms with Crippen molar-refractivity contribution in [3.05, 3.63) is 5.21 Å². The summed E-state index contributed by atoms with van der Waals surface area (Å²) in [6.07, 6.45) is 3.63. The van der Waals surface area contributed by atoms with Gasteiger partial charge in [0, 0.05) is 0 Å². The largest absolute Gasteiger partial charge is 0.633 e. The molecule has 78 valence electrons. The Morgan fingerprint density at radius 1 is 1.46 bits per heavy atom. The highest BCUT2D eigenvalue weighted by atomic mass is 16.6. The lowest BCUT2D eigenvalue weighted by atomic mass is 10.1. The second-order valence-electron chi connectivity index (χ2n) is 3.92. The normalized spacial score (nSPS) is 34.8. The molecule has 1 heterocycles. The number of quaternary nitrogens is 1. The highest BCUT2D eigenvalue weighted by molar-refractivity contribution is 4.63. The molecular weight excluding hydrogens is 166 g/mol. The Labute approximate surface area is 80.8 Å². The molecule has 0 aliphatic carbocycles. The minimum Gasteiger partial charge on any atom is -0.633 e. The van der Waals surface area contributed by atoms with Crippen LogP contribution in [-0.2, 0) is 4.74 Å². The Hall–Kier alpha value is -0.120. The zero-order valence-electron chi connectivity index (χ0n) is 8.79. The molecule has 3 nitrogen and oxygen atoms in total. The van der Waals surface area contributed by atoms with E-state index in [0.29, 0.717) is 26.2 Å². The van der Waals surface area contributed by atoms with Gasteiger partial charge in [-0.2, -0.15) is 0 Å². The first-order valence-corrected chi connectivity index (χ1v) is 5.39. The molecule has 1 saturated heterocycles. The number of unbranched alkanes of at least 4 members (excludes halogenated alkanes) is 1. The average Bonchev–Trinajstić information content (AvgIpc) is 2.15. The Balaban J connectivity index is 2.33. The minimum absolute atomic E-state index is 0.0472. The fourth-order valence-corrected chi connectivity index (χ4v) is 1.79. The van der Waals surface area contributed by atoms with E-state index in [1.54, 1.807) is 0 Å². The maximum absolute atomic E-state index is 11.9. The van der Waals surface area contributed by atoms with Gasteiger partial charge in [-0.25, -0.2) is 0 Å². The Morgan fingerprint density at radius 2 is 2.23 bits per heavy atom. The standard InChI is InChI=1S/C10H21NO2/c1-3-5-6-10-9-11(12,4-2)7-8-13-10/h10H,3-9H2,1-2H3. The zero-order valence-corrected chi connectivity index (χ0v) is 8.79. The summed E-state index contributed by atoms with van der Waals surface area (Å²) < 4.78 is 5.51. The number of rotatable bonds is 4. The molecule has 0 aromatic rings. The lowest BCUT2D eigenvalue weighted by Gasteiger charge is -2.47. The average molecular weight is 187 g/mol. The summed E-state index contributed by atoms with van der Waals surface area (Å²) in [7, 11) is 0. The SMILES string of the molecule is CCCCC1C[N+]([O-])(CC)CCO1. The third-order valence-corrected chi connectivity index (χ3v) is 2.84. The van der Waals surface area contributed by atoms with Crippen molar-refractivity contribution in [1.29, 1.82) is 0 Å². The quantitative estimate of drug-likeness (QED) is 0.497. The van der Waals surface area contributed by atoms with Crippen molar-refractivity contribution in [2.24, 2.45) is 0 Å². The summed E-state index contributed by atoms with van der Waals surface area (Å²) in [5.41, 5.74) is 0. The summed E-state index contributed by atoms with van der Waals surface area (Å²) in [6.45, 7) is 6.77. The van der Waals surface area contributed by atoms with Gasteiger partial charge in [0.2, 0.25) is 0 Å². The van der Waals surface area contributed by atoms with Gasteiger partial charge < -0.3 is 14.6 Å². The van der Waals surface area contributed by atoms with Crippen LogP contribution < -0.4 is 0 Å². The molecule has 1 rings (SSSR count). The number of hydrogen-bond donors (Lipinski definition) is 0. The van der Waals surface area contributed by atoms with Gasteiger partial charge in [-0.05, 0) is 13.3 Å². The van der Waals surface area contributed by atoms with Crippen molar-refractivity contribution in [2.45, 2.75) is 39.2 Å². The number of nitrogens with zero attached hydrogens (tertiary/aromatic N) is 1. The van der Waals surface area contributed by atoms with Crippen LogP contribution in [0.15, 0.2) is 0 Å². The van der Waals surface area contributed by atoms with Gasteiger partial charge in [0.25, 0.3) is 0 Å². The predicted molar refractivity (Wildman–Crippen MR) is 53.2 cm³/mol. The molecule has 13 heavy (non-hydrogen) atoms. The molecule has 0 amide bonds. The molecule has 2 unspecified atom stereocenters. The second-order valence-corrected chi connectivity index (χ2v) is 3.92. The molecule has 0 aromatic carbocycles. The van der Waals surface area contributed by atoms with Crippen LogP contribution in [0.25, 0.3) is 0 Å². The number of likely N-dealkylation sites (N-methyl/N-ethyl adjacent to an activating group) is 1. The summed E-state index contributed by atoms with van der Waals surface area (Å²) in [6, 6.07) is 0. The lowest BCUT2D eigenvalue weighted by molar-refractivity contribution is -0.890. The van der Waals surface area contributed by atoms with Crippen LogP contribution in [0.2, 0.25) is 0 Å². The number of ether oxygens (including phenoxy) is 1. The van der Waals surface area contributed by atoms with Crippen LogP contribution in [0.4, 0.5) is 0 Å². The van der Waals surface area contributed by atoms with Crippen molar-refractivity contribution in [3.63, 3.8) is 0 Å². The summed E-state index contributed by atoms with van der Waals surface area (Å²) >= 11 is 0. The van der Waals surface area contributed by atoms with E-state index in [2.05, 4.69) is 6.92 Å². The first kappa shape index (κ1) is 11.0. The van der Waals surface area contributed by atoms with E-state index >= 15 is 0 Å². The number of morpholine rings is 1. The van der Waals surface area contributed by atoms with Crippen LogP contribution in [0.1, 0.15) is 33.1 Å². The highest BCUT2D eigenvalue weighted by Gasteiger charge is 2.26. The fourth-order valence-electron chi connectivity index (χ4n) is 1.79. The molecule has 0 saturated carbocycles. The molecule has 1 fully saturated rings. The smallest absolute Gasteiger partial charge is 0.107 e. The molecule has 1 aliphatic heterocycles. The molecule has 0 aromatic heterocycles. The Bertz CT molecular complexity index is 152. The van der Waals surface area contributed by atoms with E-state index in [1.165, 1.54) is 12.8 Å². The van der Waals surface area contributed by atoms with Crippen molar-refractivity contribution < 1.29 is 9.38 Å². The van der Waals surface area contributed by atoms with Gasteiger partial charge in [-0.1, -0.05) is 19.8 Å². The van der Waals surface area contributed by atoms with Gasteiger partial charge >= 0.3 is 0 Å². The van der Waals surface area contributed by atoms with Crippen LogP contribution in [0, 0.1) is 5.21 Å². The molecule has 0 bridgehead atoms. The zero-order chi connectivity index (χ0) is 9.73. The number of hydrogen-bond acceptors (Lipinski definition) is 2. The lowest BCUT2D eigenvalue weighted by Crippen LogP contribution is -2.53. The van der Waals surface area contributed by atoms with E-state index in [9.17, 15) is 5.21 Å². The predicted octanol–water partition coefficient (Wildman–Crippen LogP) is 1.91. The minimum atomic E-state index is -0.0472. The number of hydroxylamine groups is 3. The topological polar surface area (TPSA) is 32.3 Å². The van der Waals surface area contributed by atoms with Crippen molar-refractivity contribution >= 4 is 0 Å². The van der Waals surface area contributed by atoms with Crippen molar-refractivity contribution in [3.8, 4) is 0 Å². The fraction of sp³-hybridized carbons (Fsp3) is 1.00. The van der Waals surface area contributed by atoms with E-state index in [-0.39, 0.29) is 10.8 Å². The summed E-state index contributed by atoms with van der Waals surface area (Å²) in [4.78, 5) is 0. The van der Waals surface area contributed by atoms with Crippen LogP contribution in [-0.4, -0.2) is 37.0 Å². The first-order chi connectivity index (χ1) is 6.20. The van der Waals surface area contributed by atoms with E-state index in [4.69, 9.17) is 4.74 Å². The van der Waals surface area contributed by atoms with Gasteiger partial charge in [0.1, 0.15) is 19.2 Å². The highest BCUT2D eigenvalue weighted by Crippen LogP contribution is 2.17. The maximum Gasteiger partial charge on any atom is 0.107 e. The van der Waals surface area contributed by atoms with Gasteiger partial charge in [-0.15, -0.1) is 0 Å². The van der Waals surface area contributed by atoms with E-state index < -0.39 is 0 Å². The molecule has 2 atom stereocenters. The molecule has 0 radical (unpaired) electrons. The van der Waals surface area contributed by atoms with Crippen molar-refractivity contribution in [1.82, 2.24) is 0 Å². The van der Waals surface area contributed by atoms with Gasteiger partial charge in [-0.3, -0.25) is 0 Å². The molecular formula is C10H21NO2.